The first-order valence-electron chi connectivity index (χ1n) is 8.02. The normalized spacial score (nSPS) is 10.8. The summed E-state index contributed by atoms with van der Waals surface area (Å²) in [5.74, 6) is 0.994. The number of thioether (sulfide) groups is 1. The van der Waals surface area contributed by atoms with Crippen LogP contribution in [0.15, 0.2) is 47.2 Å². The largest absolute Gasteiger partial charge is 0.383 e. The van der Waals surface area contributed by atoms with Crippen LogP contribution in [-0.2, 0) is 22.6 Å². The van der Waals surface area contributed by atoms with Crippen molar-refractivity contribution in [2.24, 2.45) is 0 Å². The van der Waals surface area contributed by atoms with Gasteiger partial charge >= 0.3 is 0 Å². The van der Waals surface area contributed by atoms with E-state index in [1.54, 1.807) is 30.8 Å². The number of rotatable bonds is 9. The summed E-state index contributed by atoms with van der Waals surface area (Å²) in [4.78, 5) is 17.3. The number of carbonyl (C=O) groups excluding carboxylic acids is 1. The first kappa shape index (κ1) is 18.6. The predicted molar refractivity (Wildman–Crippen MR) is 102 cm³/mol. The molecule has 0 saturated carbocycles. The fourth-order valence-electron chi connectivity index (χ4n) is 2.27. The number of nitrogens with one attached hydrogen (secondary N) is 1. The zero-order valence-corrected chi connectivity index (χ0v) is 15.9. The van der Waals surface area contributed by atoms with E-state index in [-0.39, 0.29) is 11.7 Å². The highest BCUT2D eigenvalue weighted by molar-refractivity contribution is 7.99. The van der Waals surface area contributed by atoms with Crippen LogP contribution in [0.1, 0.15) is 4.88 Å². The summed E-state index contributed by atoms with van der Waals surface area (Å²) in [5, 5.41) is 14.1. The number of thiophene rings is 1. The molecule has 3 aromatic heterocycles. The summed E-state index contributed by atoms with van der Waals surface area (Å²) in [6.45, 7) is 1.70. The van der Waals surface area contributed by atoms with Crippen molar-refractivity contribution in [2.45, 2.75) is 18.2 Å². The molecule has 3 rings (SSSR count). The molecule has 136 valence electrons. The van der Waals surface area contributed by atoms with Gasteiger partial charge in [-0.1, -0.05) is 17.8 Å². The van der Waals surface area contributed by atoms with Gasteiger partial charge in [-0.2, -0.15) is 0 Å². The molecular weight excluding hydrogens is 370 g/mol. The zero-order valence-electron chi connectivity index (χ0n) is 14.3. The molecule has 1 N–H and O–H groups in total. The van der Waals surface area contributed by atoms with Crippen molar-refractivity contribution in [3.05, 3.63) is 46.9 Å². The number of aromatic nitrogens is 4. The molecule has 9 heteroatoms. The van der Waals surface area contributed by atoms with Gasteiger partial charge in [0.1, 0.15) is 0 Å². The third-order valence-electron chi connectivity index (χ3n) is 3.55. The molecule has 0 bridgehead atoms. The van der Waals surface area contributed by atoms with E-state index >= 15 is 0 Å². The number of pyridine rings is 1. The SMILES string of the molecule is COCCn1c(SCC(=O)NCc2cccs2)nnc1-c1ccncc1. The highest BCUT2D eigenvalue weighted by atomic mass is 32.2. The summed E-state index contributed by atoms with van der Waals surface area (Å²) in [7, 11) is 1.65. The van der Waals surface area contributed by atoms with Gasteiger partial charge in [-0.3, -0.25) is 14.3 Å². The second-order valence-corrected chi connectivity index (χ2v) is 7.31. The van der Waals surface area contributed by atoms with Crippen molar-refractivity contribution in [1.29, 1.82) is 0 Å². The van der Waals surface area contributed by atoms with Crippen LogP contribution in [-0.4, -0.2) is 45.1 Å². The molecule has 3 heterocycles. The molecule has 7 nitrogen and oxygen atoms in total. The van der Waals surface area contributed by atoms with E-state index in [0.717, 1.165) is 16.3 Å². The van der Waals surface area contributed by atoms with E-state index in [1.165, 1.54) is 11.8 Å². The first-order valence-corrected chi connectivity index (χ1v) is 9.89. The van der Waals surface area contributed by atoms with Crippen molar-refractivity contribution in [3.63, 3.8) is 0 Å². The Hall–Kier alpha value is -2.23. The number of amides is 1. The van der Waals surface area contributed by atoms with Crippen LogP contribution in [0.3, 0.4) is 0 Å². The Balaban J connectivity index is 1.65. The minimum absolute atomic E-state index is 0.0323. The predicted octanol–water partition coefficient (Wildman–Crippen LogP) is 2.46. The van der Waals surface area contributed by atoms with E-state index in [1.807, 2.05) is 34.2 Å². The molecule has 3 aromatic rings. The van der Waals surface area contributed by atoms with Gasteiger partial charge in [-0.05, 0) is 23.6 Å². The molecule has 0 aliphatic heterocycles. The average molecular weight is 390 g/mol. The van der Waals surface area contributed by atoms with E-state index in [9.17, 15) is 4.79 Å². The number of carbonyl (C=O) groups is 1. The third-order valence-corrected chi connectivity index (χ3v) is 5.39. The highest BCUT2D eigenvalue weighted by Crippen LogP contribution is 2.23. The van der Waals surface area contributed by atoms with Gasteiger partial charge in [0.2, 0.25) is 5.91 Å². The minimum atomic E-state index is -0.0323. The maximum absolute atomic E-state index is 12.1. The van der Waals surface area contributed by atoms with Crippen molar-refractivity contribution in [1.82, 2.24) is 25.1 Å². The highest BCUT2D eigenvalue weighted by Gasteiger charge is 2.15. The van der Waals surface area contributed by atoms with Crippen molar-refractivity contribution in [2.75, 3.05) is 19.5 Å². The Kier molecular flexibility index (Phi) is 6.75. The number of nitrogens with zero attached hydrogens (tertiary/aromatic N) is 4. The molecule has 0 spiro atoms. The van der Waals surface area contributed by atoms with Crippen LogP contribution in [0.5, 0.6) is 0 Å². The zero-order chi connectivity index (χ0) is 18.2. The molecule has 0 radical (unpaired) electrons. The molecule has 0 unspecified atom stereocenters. The number of methoxy groups -OCH3 is 1. The lowest BCUT2D eigenvalue weighted by atomic mass is 10.2. The lowest BCUT2D eigenvalue weighted by Gasteiger charge is -2.09. The smallest absolute Gasteiger partial charge is 0.230 e. The number of ether oxygens (including phenoxy) is 1. The molecule has 0 atom stereocenters. The molecule has 0 aliphatic carbocycles. The maximum Gasteiger partial charge on any atom is 0.230 e. The molecule has 0 saturated heterocycles. The Morgan fingerprint density at radius 1 is 1.31 bits per heavy atom. The molecule has 0 aromatic carbocycles. The van der Waals surface area contributed by atoms with Crippen LogP contribution >= 0.6 is 23.1 Å². The van der Waals surface area contributed by atoms with Gasteiger partial charge in [0.05, 0.1) is 25.4 Å². The van der Waals surface area contributed by atoms with Gasteiger partial charge in [0, 0.05) is 29.9 Å². The maximum atomic E-state index is 12.1. The van der Waals surface area contributed by atoms with Gasteiger partial charge in [-0.15, -0.1) is 21.5 Å². The Labute approximate surface area is 159 Å². The van der Waals surface area contributed by atoms with Crippen molar-refractivity contribution < 1.29 is 9.53 Å². The molecule has 1 amide bonds. The Bertz CT molecular complexity index is 821. The van der Waals surface area contributed by atoms with E-state index in [0.29, 0.717) is 24.9 Å². The summed E-state index contributed by atoms with van der Waals surface area (Å²) in [6, 6.07) is 7.74. The Morgan fingerprint density at radius 2 is 2.15 bits per heavy atom. The van der Waals surface area contributed by atoms with Crippen molar-refractivity contribution in [3.8, 4) is 11.4 Å². The lowest BCUT2D eigenvalue weighted by molar-refractivity contribution is -0.118. The Morgan fingerprint density at radius 3 is 2.88 bits per heavy atom. The molecular formula is C17H19N5O2S2. The summed E-state index contributed by atoms with van der Waals surface area (Å²) >= 11 is 2.99. The molecule has 0 fully saturated rings. The lowest BCUT2D eigenvalue weighted by Crippen LogP contribution is -2.24. The topological polar surface area (TPSA) is 81.9 Å². The van der Waals surface area contributed by atoms with Crippen LogP contribution < -0.4 is 5.32 Å². The standard InChI is InChI=1S/C17H19N5O2S2/c1-24-9-8-22-16(13-4-6-18-7-5-13)20-21-17(22)26-12-15(23)19-11-14-3-2-10-25-14/h2-7,10H,8-9,11-12H2,1H3,(H,19,23). The fraction of sp³-hybridized carbons (Fsp3) is 0.294. The van der Waals surface area contributed by atoms with Gasteiger partial charge in [-0.25, -0.2) is 0 Å². The quantitative estimate of drug-likeness (QED) is 0.566. The van der Waals surface area contributed by atoms with Crippen LogP contribution in [0.4, 0.5) is 0 Å². The second-order valence-electron chi connectivity index (χ2n) is 5.33. The van der Waals surface area contributed by atoms with Gasteiger partial charge in [0.15, 0.2) is 11.0 Å². The number of hydrogen-bond acceptors (Lipinski definition) is 7. The van der Waals surface area contributed by atoms with Crippen molar-refractivity contribution >= 4 is 29.0 Å². The van der Waals surface area contributed by atoms with Gasteiger partial charge in [0.25, 0.3) is 0 Å². The molecule has 26 heavy (non-hydrogen) atoms. The fourth-order valence-corrected chi connectivity index (χ4v) is 3.71. The monoisotopic (exact) mass is 389 g/mol. The average Bonchev–Trinajstić information content (AvgIpc) is 3.33. The van der Waals surface area contributed by atoms with E-state index < -0.39 is 0 Å². The third kappa shape index (κ3) is 4.90. The van der Waals surface area contributed by atoms with E-state index in [4.69, 9.17) is 4.74 Å². The van der Waals surface area contributed by atoms with Crippen LogP contribution in [0.25, 0.3) is 11.4 Å². The second kappa shape index (κ2) is 9.46. The van der Waals surface area contributed by atoms with Crippen LogP contribution in [0, 0.1) is 0 Å². The summed E-state index contributed by atoms with van der Waals surface area (Å²) < 4.78 is 7.16. The van der Waals surface area contributed by atoms with Crippen LogP contribution in [0.2, 0.25) is 0 Å². The first-order chi connectivity index (χ1) is 12.8. The summed E-state index contributed by atoms with van der Waals surface area (Å²) in [5.41, 5.74) is 0.928. The number of hydrogen-bond donors (Lipinski definition) is 1. The summed E-state index contributed by atoms with van der Waals surface area (Å²) in [6.07, 6.45) is 3.44. The molecule has 0 aliphatic rings. The van der Waals surface area contributed by atoms with Gasteiger partial charge < -0.3 is 10.1 Å². The minimum Gasteiger partial charge on any atom is -0.383 e. The van der Waals surface area contributed by atoms with E-state index in [2.05, 4.69) is 20.5 Å².